The fourth-order valence-corrected chi connectivity index (χ4v) is 3.52. The van der Waals surface area contributed by atoms with Crippen LogP contribution >= 0.6 is 0 Å². The molecule has 0 spiro atoms. The van der Waals surface area contributed by atoms with Crippen molar-refractivity contribution in [3.8, 4) is 11.4 Å². The van der Waals surface area contributed by atoms with Gasteiger partial charge in [-0.3, -0.25) is 0 Å². The number of nitrogens with zero attached hydrogens (tertiary/aromatic N) is 4. The van der Waals surface area contributed by atoms with Crippen molar-refractivity contribution < 1.29 is 13.2 Å². The largest absolute Gasteiger partial charge is 0.497 e. The van der Waals surface area contributed by atoms with Crippen molar-refractivity contribution in [2.75, 3.05) is 7.11 Å². The van der Waals surface area contributed by atoms with Crippen LogP contribution in [0.25, 0.3) is 16.7 Å². The van der Waals surface area contributed by atoms with E-state index in [4.69, 9.17) is 9.88 Å². The second kappa shape index (κ2) is 5.26. The minimum absolute atomic E-state index is 0.266. The summed E-state index contributed by atoms with van der Waals surface area (Å²) in [5, 5.41) is 13.6. The van der Waals surface area contributed by atoms with E-state index in [1.807, 2.05) is 36.4 Å². The Balaban J connectivity index is 1.75. The highest BCUT2D eigenvalue weighted by Crippen LogP contribution is 2.28. The average Bonchev–Trinajstić information content (AvgIpc) is 3.16. The lowest BCUT2D eigenvalue weighted by molar-refractivity contribution is 0.415. The lowest BCUT2D eigenvalue weighted by atomic mass is 10.1. The van der Waals surface area contributed by atoms with E-state index in [-0.39, 0.29) is 6.54 Å². The fourth-order valence-electron chi connectivity index (χ4n) is 2.88. The molecule has 9 heteroatoms. The third-order valence-corrected chi connectivity index (χ3v) is 5.12. The molecule has 0 fully saturated rings. The third kappa shape index (κ3) is 2.42. The van der Waals surface area contributed by atoms with Crippen molar-refractivity contribution in [2.45, 2.75) is 13.1 Å². The molecule has 4 rings (SSSR count). The van der Waals surface area contributed by atoms with Gasteiger partial charge in [-0.2, -0.15) is 12.7 Å². The highest BCUT2D eigenvalue weighted by atomic mass is 32.2. The molecular formula is C15H15N5O3S. The van der Waals surface area contributed by atoms with Crippen molar-refractivity contribution in [3.05, 3.63) is 47.5 Å². The minimum atomic E-state index is -3.69. The first kappa shape index (κ1) is 15.1. The number of nitrogens with two attached hydrogens (primary N) is 1. The van der Waals surface area contributed by atoms with E-state index in [1.165, 1.54) is 4.31 Å². The summed E-state index contributed by atoms with van der Waals surface area (Å²) in [5.74, 6) is 0.715. The molecule has 3 aromatic rings. The molecule has 0 bridgehead atoms. The first-order valence-electron chi connectivity index (χ1n) is 7.25. The third-order valence-electron chi connectivity index (χ3n) is 4.14. The second-order valence-electron chi connectivity index (χ2n) is 5.62. The molecule has 0 aliphatic carbocycles. The van der Waals surface area contributed by atoms with Gasteiger partial charge >= 0.3 is 0 Å². The summed E-state index contributed by atoms with van der Waals surface area (Å²) in [5.41, 5.74) is 4.24. The van der Waals surface area contributed by atoms with Crippen molar-refractivity contribution in [2.24, 2.45) is 5.14 Å². The standard InChI is InChI=1S/C15H15N5O3S/c1-23-13-4-5-15-14(7-13)17-18-20(15)12-3-2-10-8-19(24(16,21)22)9-11(10)6-12/h2-7H,8-9H2,1H3,(H2,16,21,22). The Kier molecular flexibility index (Phi) is 3.30. The van der Waals surface area contributed by atoms with Crippen molar-refractivity contribution in [1.82, 2.24) is 19.3 Å². The molecule has 8 nitrogen and oxygen atoms in total. The molecule has 124 valence electrons. The van der Waals surface area contributed by atoms with Crippen LogP contribution in [0.5, 0.6) is 5.75 Å². The molecule has 1 aliphatic rings. The van der Waals surface area contributed by atoms with Crippen LogP contribution in [0, 0.1) is 0 Å². The van der Waals surface area contributed by atoms with Crippen LogP contribution in [0.3, 0.4) is 0 Å². The molecule has 0 unspecified atom stereocenters. The molecule has 0 saturated heterocycles. The summed E-state index contributed by atoms with van der Waals surface area (Å²) in [4.78, 5) is 0. The zero-order valence-corrected chi connectivity index (χ0v) is 13.7. The highest BCUT2D eigenvalue weighted by Gasteiger charge is 2.26. The van der Waals surface area contributed by atoms with E-state index in [0.717, 1.165) is 27.8 Å². The van der Waals surface area contributed by atoms with Gasteiger partial charge in [-0.1, -0.05) is 11.3 Å². The molecular weight excluding hydrogens is 330 g/mol. The van der Waals surface area contributed by atoms with Crippen molar-refractivity contribution >= 4 is 21.2 Å². The van der Waals surface area contributed by atoms with Crippen LogP contribution in [-0.2, 0) is 23.3 Å². The Hall–Kier alpha value is -2.49. The molecule has 0 radical (unpaired) electrons. The summed E-state index contributed by atoms with van der Waals surface area (Å²) in [6.07, 6.45) is 0. The Morgan fingerprint density at radius 1 is 1.12 bits per heavy atom. The van der Waals surface area contributed by atoms with Crippen LogP contribution in [0.1, 0.15) is 11.1 Å². The maximum absolute atomic E-state index is 11.5. The molecule has 0 saturated carbocycles. The van der Waals surface area contributed by atoms with E-state index in [1.54, 1.807) is 11.8 Å². The van der Waals surface area contributed by atoms with Crippen LogP contribution in [0.4, 0.5) is 0 Å². The summed E-state index contributed by atoms with van der Waals surface area (Å²) in [7, 11) is -2.09. The van der Waals surface area contributed by atoms with E-state index < -0.39 is 10.2 Å². The number of methoxy groups -OCH3 is 1. The van der Waals surface area contributed by atoms with Gasteiger partial charge in [-0.05, 0) is 35.4 Å². The van der Waals surface area contributed by atoms with Gasteiger partial charge in [-0.25, -0.2) is 9.82 Å². The molecule has 0 atom stereocenters. The summed E-state index contributed by atoms with van der Waals surface area (Å²) < 4.78 is 31.2. The zero-order chi connectivity index (χ0) is 16.9. The average molecular weight is 345 g/mol. The van der Waals surface area contributed by atoms with Gasteiger partial charge < -0.3 is 4.74 Å². The topological polar surface area (TPSA) is 103 Å². The smallest absolute Gasteiger partial charge is 0.277 e. The van der Waals surface area contributed by atoms with Gasteiger partial charge in [0.25, 0.3) is 10.2 Å². The van der Waals surface area contributed by atoms with E-state index in [2.05, 4.69) is 10.3 Å². The van der Waals surface area contributed by atoms with Crippen LogP contribution in [-0.4, -0.2) is 34.8 Å². The minimum Gasteiger partial charge on any atom is -0.497 e. The first-order chi connectivity index (χ1) is 11.5. The van der Waals surface area contributed by atoms with Gasteiger partial charge in [0.1, 0.15) is 11.3 Å². The molecule has 1 aromatic heterocycles. The fraction of sp³-hybridized carbons (Fsp3) is 0.200. The lowest BCUT2D eigenvalue weighted by Gasteiger charge is -2.09. The first-order valence-corrected chi connectivity index (χ1v) is 8.75. The van der Waals surface area contributed by atoms with Gasteiger partial charge in [0, 0.05) is 19.2 Å². The highest BCUT2D eigenvalue weighted by molar-refractivity contribution is 7.86. The zero-order valence-electron chi connectivity index (χ0n) is 12.9. The summed E-state index contributed by atoms with van der Waals surface area (Å²) in [6, 6.07) is 11.3. The van der Waals surface area contributed by atoms with E-state index in [0.29, 0.717) is 12.3 Å². The summed E-state index contributed by atoms with van der Waals surface area (Å²) >= 11 is 0. The molecule has 2 N–H and O–H groups in total. The molecule has 24 heavy (non-hydrogen) atoms. The molecule has 1 aliphatic heterocycles. The number of hydrogen-bond acceptors (Lipinski definition) is 5. The Labute approximate surface area is 138 Å². The Morgan fingerprint density at radius 2 is 1.92 bits per heavy atom. The number of fused-ring (bicyclic) bond motifs is 2. The van der Waals surface area contributed by atoms with E-state index in [9.17, 15) is 8.42 Å². The number of rotatable bonds is 3. The predicted molar refractivity (Wildman–Crippen MR) is 87.8 cm³/mol. The Bertz CT molecular complexity index is 1040. The number of benzene rings is 2. The molecule has 2 aromatic carbocycles. The van der Waals surface area contributed by atoms with Gasteiger partial charge in [0.15, 0.2) is 0 Å². The van der Waals surface area contributed by atoms with Crippen molar-refractivity contribution in [1.29, 1.82) is 0 Å². The number of ether oxygens (including phenoxy) is 1. The van der Waals surface area contributed by atoms with Gasteiger partial charge in [0.2, 0.25) is 0 Å². The van der Waals surface area contributed by atoms with Gasteiger partial charge in [-0.15, -0.1) is 5.10 Å². The van der Waals surface area contributed by atoms with Gasteiger partial charge in [0.05, 0.1) is 18.3 Å². The van der Waals surface area contributed by atoms with Crippen LogP contribution in [0.2, 0.25) is 0 Å². The predicted octanol–water partition coefficient (Wildman–Crippen LogP) is 0.948. The molecule has 2 heterocycles. The SMILES string of the molecule is COc1ccc2c(c1)nnn2-c1ccc2c(c1)CN(S(N)(=O)=O)C2. The van der Waals surface area contributed by atoms with E-state index >= 15 is 0 Å². The second-order valence-corrected chi connectivity index (χ2v) is 7.17. The quantitative estimate of drug-likeness (QED) is 0.761. The number of aromatic nitrogens is 3. The molecule has 0 amide bonds. The maximum Gasteiger partial charge on any atom is 0.277 e. The van der Waals surface area contributed by atoms with Crippen LogP contribution < -0.4 is 9.88 Å². The lowest BCUT2D eigenvalue weighted by Crippen LogP contribution is -2.32. The summed E-state index contributed by atoms with van der Waals surface area (Å²) in [6.45, 7) is 0.562. The Morgan fingerprint density at radius 3 is 2.67 bits per heavy atom. The monoisotopic (exact) mass is 345 g/mol. The maximum atomic E-state index is 11.5. The van der Waals surface area contributed by atoms with Crippen LogP contribution in [0.15, 0.2) is 36.4 Å². The normalized spacial score (nSPS) is 14.9. The van der Waals surface area contributed by atoms with Crippen molar-refractivity contribution in [3.63, 3.8) is 0 Å². The number of hydrogen-bond donors (Lipinski definition) is 1.